The zero-order chi connectivity index (χ0) is 9.19. The molecular weight excluding hydrogens is 156 g/mol. The zero-order valence-corrected chi connectivity index (χ0v) is 7.50. The average Bonchev–Trinajstić information content (AvgIpc) is 2.02. The Balaban J connectivity index is 2.24. The minimum atomic E-state index is -0.388. The molecule has 1 aliphatic rings. The third kappa shape index (κ3) is 1.85. The molecule has 0 saturated carbocycles. The summed E-state index contributed by atoms with van der Waals surface area (Å²) < 4.78 is 10.1. The third-order valence-electron chi connectivity index (χ3n) is 2.07. The van der Waals surface area contributed by atoms with Gasteiger partial charge in [0.2, 0.25) is 0 Å². The van der Waals surface area contributed by atoms with Crippen LogP contribution in [0, 0.1) is 5.41 Å². The Bertz CT molecular complexity index is 196. The van der Waals surface area contributed by atoms with E-state index < -0.39 is 0 Å². The molecular formula is C9H14O3. The molecule has 1 unspecified atom stereocenters. The van der Waals surface area contributed by atoms with E-state index in [4.69, 9.17) is 9.47 Å². The van der Waals surface area contributed by atoms with Gasteiger partial charge in [-0.25, -0.2) is 4.79 Å². The summed E-state index contributed by atoms with van der Waals surface area (Å²) in [4.78, 5) is 10.7. The van der Waals surface area contributed by atoms with Crippen LogP contribution in [-0.2, 0) is 14.3 Å². The van der Waals surface area contributed by atoms with Gasteiger partial charge >= 0.3 is 5.97 Å². The molecule has 0 spiro atoms. The monoisotopic (exact) mass is 170 g/mol. The van der Waals surface area contributed by atoms with E-state index in [0.717, 1.165) is 12.7 Å². The Morgan fingerprint density at radius 2 is 2.50 bits per heavy atom. The first kappa shape index (κ1) is 9.26. The van der Waals surface area contributed by atoms with Gasteiger partial charge in [-0.3, -0.25) is 0 Å². The first-order valence-corrected chi connectivity index (χ1v) is 3.97. The van der Waals surface area contributed by atoms with E-state index in [0.29, 0.717) is 6.61 Å². The number of ether oxygens (including phenoxy) is 2. The number of hydrogen-bond acceptors (Lipinski definition) is 3. The highest BCUT2D eigenvalue weighted by atomic mass is 16.6. The van der Waals surface area contributed by atoms with Crippen molar-refractivity contribution in [2.75, 3.05) is 13.2 Å². The Labute approximate surface area is 72.4 Å². The van der Waals surface area contributed by atoms with E-state index in [1.54, 1.807) is 0 Å². The molecule has 0 aromatic carbocycles. The maximum atomic E-state index is 10.7. The van der Waals surface area contributed by atoms with Crippen molar-refractivity contribution < 1.29 is 14.3 Å². The van der Waals surface area contributed by atoms with Crippen molar-refractivity contribution in [3.05, 3.63) is 12.7 Å². The molecule has 1 fully saturated rings. The Kier molecular flexibility index (Phi) is 2.52. The summed E-state index contributed by atoms with van der Waals surface area (Å²) in [5, 5.41) is 0. The third-order valence-corrected chi connectivity index (χ3v) is 2.07. The van der Waals surface area contributed by atoms with Gasteiger partial charge in [-0.15, -0.1) is 0 Å². The van der Waals surface area contributed by atoms with Gasteiger partial charge < -0.3 is 9.47 Å². The number of rotatable bonds is 3. The molecule has 1 aliphatic heterocycles. The van der Waals surface area contributed by atoms with Gasteiger partial charge in [0.05, 0.1) is 12.7 Å². The van der Waals surface area contributed by atoms with Crippen molar-refractivity contribution in [2.24, 2.45) is 5.41 Å². The summed E-state index contributed by atoms with van der Waals surface area (Å²) >= 11 is 0. The summed E-state index contributed by atoms with van der Waals surface area (Å²) in [6.07, 6.45) is 1.20. The molecule has 1 heterocycles. The van der Waals surface area contributed by atoms with Crippen molar-refractivity contribution in [2.45, 2.75) is 20.0 Å². The van der Waals surface area contributed by atoms with Crippen LogP contribution in [0.4, 0.5) is 0 Å². The standard InChI is InChI=1S/C9H14O3/c1-4-8(10)11-5-7-9(2,3)6-12-7/h4,7H,1,5-6H2,2-3H3. The van der Waals surface area contributed by atoms with Crippen LogP contribution in [0.1, 0.15) is 13.8 Å². The van der Waals surface area contributed by atoms with Crippen LogP contribution in [0.2, 0.25) is 0 Å². The molecule has 68 valence electrons. The van der Waals surface area contributed by atoms with Crippen LogP contribution in [-0.4, -0.2) is 25.3 Å². The fourth-order valence-electron chi connectivity index (χ4n) is 1.02. The topological polar surface area (TPSA) is 35.5 Å². The average molecular weight is 170 g/mol. The van der Waals surface area contributed by atoms with Crippen LogP contribution >= 0.6 is 0 Å². The van der Waals surface area contributed by atoms with E-state index in [1.807, 2.05) is 0 Å². The second-order valence-corrected chi connectivity index (χ2v) is 3.62. The van der Waals surface area contributed by atoms with Gasteiger partial charge in [-0.1, -0.05) is 20.4 Å². The van der Waals surface area contributed by atoms with E-state index >= 15 is 0 Å². The Hall–Kier alpha value is -0.830. The van der Waals surface area contributed by atoms with Gasteiger partial charge in [0.25, 0.3) is 0 Å². The molecule has 1 saturated heterocycles. The summed E-state index contributed by atoms with van der Waals surface area (Å²) in [5.41, 5.74) is 0.140. The lowest BCUT2D eigenvalue weighted by Gasteiger charge is -2.43. The second kappa shape index (κ2) is 3.27. The molecule has 0 aromatic rings. The van der Waals surface area contributed by atoms with Gasteiger partial charge in [-0.2, -0.15) is 0 Å². The molecule has 1 rings (SSSR count). The van der Waals surface area contributed by atoms with E-state index in [1.165, 1.54) is 0 Å². The van der Waals surface area contributed by atoms with Crippen LogP contribution in [0.25, 0.3) is 0 Å². The molecule has 1 atom stereocenters. The highest BCUT2D eigenvalue weighted by molar-refractivity contribution is 5.81. The second-order valence-electron chi connectivity index (χ2n) is 3.62. The molecule has 12 heavy (non-hydrogen) atoms. The van der Waals surface area contributed by atoms with E-state index in [-0.39, 0.29) is 17.5 Å². The first-order chi connectivity index (χ1) is 5.56. The van der Waals surface area contributed by atoms with Gasteiger partial charge in [-0.05, 0) is 0 Å². The Morgan fingerprint density at radius 3 is 2.83 bits per heavy atom. The summed E-state index contributed by atoms with van der Waals surface area (Å²) in [7, 11) is 0. The normalized spacial score (nSPS) is 25.7. The molecule has 3 heteroatoms. The zero-order valence-electron chi connectivity index (χ0n) is 7.50. The van der Waals surface area contributed by atoms with Gasteiger partial charge in [0, 0.05) is 11.5 Å². The van der Waals surface area contributed by atoms with Crippen LogP contribution in [0.3, 0.4) is 0 Å². The predicted molar refractivity (Wildman–Crippen MR) is 44.7 cm³/mol. The lowest BCUT2D eigenvalue weighted by Crippen LogP contribution is -2.50. The highest BCUT2D eigenvalue weighted by Crippen LogP contribution is 2.33. The number of carbonyl (C=O) groups excluding carboxylic acids is 1. The predicted octanol–water partition coefficient (Wildman–Crippen LogP) is 1.14. The maximum Gasteiger partial charge on any atom is 0.330 e. The molecule has 0 aromatic heterocycles. The Morgan fingerprint density at radius 1 is 1.83 bits per heavy atom. The number of esters is 1. The van der Waals surface area contributed by atoms with E-state index in [9.17, 15) is 4.79 Å². The van der Waals surface area contributed by atoms with Crippen LogP contribution in [0.5, 0.6) is 0 Å². The van der Waals surface area contributed by atoms with Crippen LogP contribution in [0.15, 0.2) is 12.7 Å². The minimum Gasteiger partial charge on any atom is -0.460 e. The van der Waals surface area contributed by atoms with Crippen molar-refractivity contribution in [1.29, 1.82) is 0 Å². The SMILES string of the molecule is C=CC(=O)OCC1OCC1(C)C. The highest BCUT2D eigenvalue weighted by Gasteiger charge is 2.40. The first-order valence-electron chi connectivity index (χ1n) is 3.97. The molecule has 0 aliphatic carbocycles. The van der Waals surface area contributed by atoms with E-state index in [2.05, 4.69) is 20.4 Å². The fourth-order valence-corrected chi connectivity index (χ4v) is 1.02. The maximum absolute atomic E-state index is 10.7. The quantitative estimate of drug-likeness (QED) is 0.470. The summed E-state index contributed by atoms with van der Waals surface area (Å²) in [5.74, 6) is -0.388. The molecule has 3 nitrogen and oxygen atoms in total. The molecule has 0 radical (unpaired) electrons. The smallest absolute Gasteiger partial charge is 0.330 e. The number of hydrogen-bond donors (Lipinski definition) is 0. The summed E-state index contributed by atoms with van der Waals surface area (Å²) in [6, 6.07) is 0. The summed E-state index contributed by atoms with van der Waals surface area (Å²) in [6.45, 7) is 8.55. The van der Waals surface area contributed by atoms with Crippen molar-refractivity contribution in [3.63, 3.8) is 0 Å². The van der Waals surface area contributed by atoms with Crippen LogP contribution < -0.4 is 0 Å². The largest absolute Gasteiger partial charge is 0.460 e. The van der Waals surface area contributed by atoms with Crippen molar-refractivity contribution in [3.8, 4) is 0 Å². The van der Waals surface area contributed by atoms with Gasteiger partial charge in [0.1, 0.15) is 6.61 Å². The molecule has 0 bridgehead atoms. The lowest BCUT2D eigenvalue weighted by atomic mass is 9.83. The van der Waals surface area contributed by atoms with Gasteiger partial charge in [0.15, 0.2) is 0 Å². The molecule has 0 N–H and O–H groups in total. The van der Waals surface area contributed by atoms with Crippen molar-refractivity contribution in [1.82, 2.24) is 0 Å². The van der Waals surface area contributed by atoms with Crippen molar-refractivity contribution >= 4 is 5.97 Å². The fraction of sp³-hybridized carbons (Fsp3) is 0.667. The lowest BCUT2D eigenvalue weighted by molar-refractivity contribution is -0.194. The minimum absolute atomic E-state index is 0.0430. The number of carbonyl (C=O) groups is 1. The molecule has 0 amide bonds.